The number of amides is 1. The van der Waals surface area contributed by atoms with Gasteiger partial charge in [0.1, 0.15) is 23.0 Å². The molecule has 0 aliphatic rings. The maximum absolute atomic E-state index is 13.3. The number of nitrogens with one attached hydrogen (secondary N) is 2. The number of thiazole rings is 1. The van der Waals surface area contributed by atoms with Gasteiger partial charge in [-0.2, -0.15) is 0 Å². The number of rotatable bonds is 7. The van der Waals surface area contributed by atoms with Crippen LogP contribution < -0.4 is 10.6 Å². The number of nitro groups is 1. The summed E-state index contributed by atoms with van der Waals surface area (Å²) in [6, 6.07) is 12.1. The van der Waals surface area contributed by atoms with Crippen molar-refractivity contribution in [2.75, 3.05) is 17.2 Å². The lowest BCUT2D eigenvalue weighted by Gasteiger charge is -2.09. The van der Waals surface area contributed by atoms with Crippen molar-refractivity contribution in [3.63, 3.8) is 0 Å². The Morgan fingerprint density at radius 1 is 1.20 bits per heavy atom. The number of nitro benzene ring substituents is 1. The molecule has 0 saturated heterocycles. The SMILES string of the molecule is O=C(CCNc1ccccc1[N+](=O)[O-])Nc1c(-c2ccc(F)cc2)nc2sccn12. The summed E-state index contributed by atoms with van der Waals surface area (Å²) in [5, 5.41) is 18.7. The van der Waals surface area contributed by atoms with Crippen LogP contribution in [0, 0.1) is 15.9 Å². The quantitative estimate of drug-likeness (QED) is 0.334. The summed E-state index contributed by atoms with van der Waals surface area (Å²) in [5.41, 5.74) is 1.53. The highest BCUT2D eigenvalue weighted by Gasteiger charge is 2.18. The van der Waals surface area contributed by atoms with Gasteiger partial charge in [0.15, 0.2) is 4.96 Å². The second-order valence-corrected chi connectivity index (χ2v) is 7.24. The fraction of sp³-hybridized carbons (Fsp3) is 0.100. The molecule has 2 heterocycles. The molecule has 0 fully saturated rings. The van der Waals surface area contributed by atoms with Crippen molar-refractivity contribution >= 4 is 39.4 Å². The van der Waals surface area contributed by atoms with Gasteiger partial charge in [-0.25, -0.2) is 9.37 Å². The number of imidazole rings is 1. The van der Waals surface area contributed by atoms with E-state index in [2.05, 4.69) is 15.6 Å². The van der Waals surface area contributed by atoms with Crippen LogP contribution in [0.2, 0.25) is 0 Å². The fourth-order valence-corrected chi connectivity index (χ4v) is 3.72. The van der Waals surface area contributed by atoms with Crippen LogP contribution in [0.4, 0.5) is 21.6 Å². The molecule has 2 N–H and O–H groups in total. The van der Waals surface area contributed by atoms with Crippen molar-refractivity contribution in [2.24, 2.45) is 0 Å². The summed E-state index contributed by atoms with van der Waals surface area (Å²) >= 11 is 1.42. The standard InChI is InChI=1S/C20H16FN5O3S/c21-14-7-5-13(6-8-14)18-19(25-11-12-30-20(25)24-18)23-17(27)9-10-22-15-3-1-2-4-16(15)26(28)29/h1-8,11-12,22H,9-10H2,(H,23,27). The summed E-state index contributed by atoms with van der Waals surface area (Å²) in [4.78, 5) is 28.4. The van der Waals surface area contributed by atoms with Crippen LogP contribution in [0.5, 0.6) is 0 Å². The molecule has 10 heteroatoms. The van der Waals surface area contributed by atoms with Gasteiger partial charge in [-0.1, -0.05) is 12.1 Å². The molecule has 0 saturated carbocycles. The van der Waals surface area contributed by atoms with Crippen LogP contribution in [0.3, 0.4) is 0 Å². The lowest BCUT2D eigenvalue weighted by Crippen LogP contribution is -2.17. The Bertz CT molecular complexity index is 1220. The van der Waals surface area contributed by atoms with Crippen molar-refractivity contribution in [3.8, 4) is 11.3 Å². The Hall–Kier alpha value is -3.79. The largest absolute Gasteiger partial charge is 0.379 e. The van der Waals surface area contributed by atoms with E-state index in [1.165, 1.54) is 29.5 Å². The van der Waals surface area contributed by atoms with Crippen LogP contribution in [0.25, 0.3) is 16.2 Å². The van der Waals surface area contributed by atoms with Crippen molar-refractivity contribution in [2.45, 2.75) is 6.42 Å². The normalized spacial score (nSPS) is 10.8. The van der Waals surface area contributed by atoms with E-state index >= 15 is 0 Å². The first-order valence-corrected chi connectivity index (χ1v) is 9.89. The summed E-state index contributed by atoms with van der Waals surface area (Å²) in [6.45, 7) is 0.216. The molecule has 0 atom stereocenters. The van der Waals surface area contributed by atoms with E-state index in [0.29, 0.717) is 27.7 Å². The molecule has 0 spiro atoms. The van der Waals surface area contributed by atoms with E-state index < -0.39 is 4.92 Å². The number of anilines is 2. The number of aromatic nitrogens is 2. The molecule has 1 amide bonds. The molecular weight excluding hydrogens is 409 g/mol. The molecule has 0 aliphatic heterocycles. The van der Waals surface area contributed by atoms with Crippen molar-refractivity contribution in [1.82, 2.24) is 9.38 Å². The van der Waals surface area contributed by atoms with Gasteiger partial charge >= 0.3 is 0 Å². The Labute approximate surface area is 174 Å². The number of carbonyl (C=O) groups excluding carboxylic acids is 1. The molecule has 30 heavy (non-hydrogen) atoms. The summed E-state index contributed by atoms with van der Waals surface area (Å²) in [6.07, 6.45) is 1.88. The molecular formula is C20H16FN5O3S. The maximum atomic E-state index is 13.3. The molecule has 0 bridgehead atoms. The van der Waals surface area contributed by atoms with E-state index in [9.17, 15) is 19.3 Å². The number of hydrogen-bond acceptors (Lipinski definition) is 6. The summed E-state index contributed by atoms with van der Waals surface area (Å²) in [7, 11) is 0. The Kier molecular flexibility index (Phi) is 5.40. The third-order valence-corrected chi connectivity index (χ3v) is 5.16. The van der Waals surface area contributed by atoms with Gasteiger partial charge in [-0.3, -0.25) is 19.3 Å². The first-order chi connectivity index (χ1) is 14.5. The number of carbonyl (C=O) groups is 1. The molecule has 0 radical (unpaired) electrons. The second kappa shape index (κ2) is 8.29. The van der Waals surface area contributed by atoms with Crippen molar-refractivity contribution in [3.05, 3.63) is 76.0 Å². The van der Waals surface area contributed by atoms with Gasteiger partial charge in [-0.05, 0) is 30.3 Å². The van der Waals surface area contributed by atoms with Gasteiger partial charge in [-0.15, -0.1) is 11.3 Å². The first kappa shape index (κ1) is 19.5. The molecule has 152 valence electrons. The van der Waals surface area contributed by atoms with Gasteiger partial charge < -0.3 is 10.6 Å². The molecule has 0 unspecified atom stereocenters. The van der Waals surface area contributed by atoms with E-state index in [1.807, 2.05) is 5.38 Å². The smallest absolute Gasteiger partial charge is 0.292 e. The second-order valence-electron chi connectivity index (χ2n) is 6.37. The lowest BCUT2D eigenvalue weighted by atomic mass is 10.1. The van der Waals surface area contributed by atoms with Crippen LogP contribution in [0.1, 0.15) is 6.42 Å². The zero-order valence-corrected chi connectivity index (χ0v) is 16.4. The number of nitrogens with zero attached hydrogens (tertiary/aromatic N) is 3. The molecule has 4 aromatic rings. The average Bonchev–Trinajstić information content (AvgIpc) is 3.32. The van der Waals surface area contributed by atoms with Crippen molar-refractivity contribution in [1.29, 1.82) is 0 Å². The van der Waals surface area contributed by atoms with Gasteiger partial charge in [0.05, 0.1) is 4.92 Å². The molecule has 2 aromatic heterocycles. The molecule has 0 aliphatic carbocycles. The monoisotopic (exact) mass is 425 g/mol. The number of para-hydroxylation sites is 2. The van der Waals surface area contributed by atoms with Crippen LogP contribution in [-0.2, 0) is 4.79 Å². The lowest BCUT2D eigenvalue weighted by molar-refractivity contribution is -0.384. The number of fused-ring (bicyclic) bond motifs is 1. The Morgan fingerprint density at radius 2 is 1.97 bits per heavy atom. The highest BCUT2D eigenvalue weighted by molar-refractivity contribution is 7.15. The minimum atomic E-state index is -0.475. The molecule has 2 aromatic carbocycles. The van der Waals surface area contributed by atoms with E-state index in [0.717, 1.165) is 0 Å². The highest BCUT2D eigenvalue weighted by atomic mass is 32.1. The highest BCUT2D eigenvalue weighted by Crippen LogP contribution is 2.31. The van der Waals surface area contributed by atoms with Gasteiger partial charge in [0, 0.05) is 36.2 Å². The number of hydrogen-bond donors (Lipinski definition) is 2. The Balaban J connectivity index is 1.48. The van der Waals surface area contributed by atoms with E-state index in [-0.39, 0.29) is 30.4 Å². The summed E-state index contributed by atoms with van der Waals surface area (Å²) < 4.78 is 15.0. The number of halogens is 1. The number of benzene rings is 2. The van der Waals surface area contributed by atoms with E-state index in [4.69, 9.17) is 0 Å². The van der Waals surface area contributed by atoms with Crippen LogP contribution >= 0.6 is 11.3 Å². The van der Waals surface area contributed by atoms with Gasteiger partial charge in [0.2, 0.25) is 5.91 Å². The fourth-order valence-electron chi connectivity index (χ4n) is 3.00. The first-order valence-electron chi connectivity index (χ1n) is 9.01. The molecule has 4 rings (SSSR count). The zero-order chi connectivity index (χ0) is 21.1. The van der Waals surface area contributed by atoms with Gasteiger partial charge in [0.25, 0.3) is 5.69 Å². The van der Waals surface area contributed by atoms with E-state index in [1.54, 1.807) is 40.9 Å². The third-order valence-electron chi connectivity index (χ3n) is 4.41. The van der Waals surface area contributed by atoms with Crippen LogP contribution in [-0.4, -0.2) is 26.8 Å². The van der Waals surface area contributed by atoms with Crippen molar-refractivity contribution < 1.29 is 14.1 Å². The predicted octanol–water partition coefficient (Wildman–Crippen LogP) is 4.55. The minimum absolute atomic E-state index is 0.0488. The predicted molar refractivity (Wildman–Crippen MR) is 113 cm³/mol. The average molecular weight is 425 g/mol. The zero-order valence-electron chi connectivity index (χ0n) is 15.5. The minimum Gasteiger partial charge on any atom is -0.379 e. The third kappa shape index (κ3) is 3.98. The molecule has 8 nitrogen and oxygen atoms in total. The summed E-state index contributed by atoms with van der Waals surface area (Å²) in [5.74, 6) is -0.141. The topological polar surface area (TPSA) is 102 Å². The van der Waals surface area contributed by atoms with Crippen LogP contribution in [0.15, 0.2) is 60.1 Å². The Morgan fingerprint density at radius 3 is 2.73 bits per heavy atom. The maximum Gasteiger partial charge on any atom is 0.292 e.